The molecule has 0 saturated heterocycles. The van der Waals surface area contributed by atoms with Crippen molar-refractivity contribution in [1.29, 1.82) is 0 Å². The van der Waals surface area contributed by atoms with Crippen molar-refractivity contribution in [3.8, 4) is 16.9 Å². The lowest BCUT2D eigenvalue weighted by molar-refractivity contribution is 0.581. The molecule has 1 aliphatic carbocycles. The van der Waals surface area contributed by atoms with E-state index in [1.807, 2.05) is 6.07 Å². The molecule has 0 unspecified atom stereocenters. The highest BCUT2D eigenvalue weighted by atomic mass is 32.2. The van der Waals surface area contributed by atoms with E-state index in [0.29, 0.717) is 27.7 Å². The van der Waals surface area contributed by atoms with Crippen LogP contribution < -0.4 is 10.3 Å². The number of hydrogen-bond acceptors (Lipinski definition) is 4. The van der Waals surface area contributed by atoms with Gasteiger partial charge in [-0.15, -0.1) is 0 Å². The van der Waals surface area contributed by atoms with Gasteiger partial charge < -0.3 is 0 Å². The third-order valence-corrected chi connectivity index (χ3v) is 6.75. The second-order valence-corrected chi connectivity index (χ2v) is 9.22. The lowest BCUT2D eigenvalue weighted by atomic mass is 10.0. The van der Waals surface area contributed by atoms with Gasteiger partial charge in [0.1, 0.15) is 5.82 Å². The summed E-state index contributed by atoms with van der Waals surface area (Å²) in [5, 5.41) is 5.66. The molecular weight excluding hydrogens is 417 g/mol. The molecule has 1 aromatic heterocycles. The summed E-state index contributed by atoms with van der Waals surface area (Å²) in [6, 6.07) is 19.0. The Balaban J connectivity index is 1.64. The van der Waals surface area contributed by atoms with Crippen molar-refractivity contribution in [3.05, 3.63) is 89.0 Å². The van der Waals surface area contributed by atoms with Crippen molar-refractivity contribution in [2.24, 2.45) is 0 Å². The number of hydrogen-bond donors (Lipinski definition) is 1. The Labute approximate surface area is 178 Å². The Morgan fingerprint density at radius 3 is 2.19 bits per heavy atom. The number of nitrogens with zero attached hydrogens (tertiary/aromatic N) is 2. The van der Waals surface area contributed by atoms with Gasteiger partial charge in [-0.3, -0.25) is 4.79 Å². The summed E-state index contributed by atoms with van der Waals surface area (Å²) >= 11 is 0. The number of rotatable bonds is 5. The van der Waals surface area contributed by atoms with Crippen molar-refractivity contribution < 1.29 is 12.8 Å². The largest absolute Gasteiger partial charge is 0.279 e. The molecule has 0 radical (unpaired) electrons. The highest BCUT2D eigenvalue weighted by Gasteiger charge is 2.28. The molecule has 0 aliphatic heterocycles. The van der Waals surface area contributed by atoms with Gasteiger partial charge >= 0.3 is 0 Å². The minimum absolute atomic E-state index is 0.00715. The third kappa shape index (κ3) is 3.75. The van der Waals surface area contributed by atoms with Crippen LogP contribution in [0.4, 0.5) is 4.39 Å². The number of fused-ring (bicyclic) bond motifs is 1. The van der Waals surface area contributed by atoms with Gasteiger partial charge in [0.2, 0.25) is 10.0 Å². The lowest BCUT2D eigenvalue weighted by Crippen LogP contribution is -2.26. The number of benzene rings is 3. The normalized spacial score (nSPS) is 14.1. The van der Waals surface area contributed by atoms with Gasteiger partial charge in [0.15, 0.2) is 0 Å². The summed E-state index contributed by atoms with van der Waals surface area (Å²) < 4.78 is 42.1. The van der Waals surface area contributed by atoms with Crippen LogP contribution in [0.25, 0.3) is 27.7 Å². The van der Waals surface area contributed by atoms with Gasteiger partial charge in [0.05, 0.1) is 21.7 Å². The molecule has 5 rings (SSSR count). The Kier molecular flexibility index (Phi) is 4.68. The maximum Gasteiger partial charge on any atom is 0.279 e. The van der Waals surface area contributed by atoms with Crippen LogP contribution in [0.3, 0.4) is 0 Å². The van der Waals surface area contributed by atoms with Crippen LogP contribution >= 0.6 is 0 Å². The second kappa shape index (κ2) is 7.40. The van der Waals surface area contributed by atoms with E-state index in [-0.39, 0.29) is 22.3 Å². The quantitative estimate of drug-likeness (QED) is 0.519. The van der Waals surface area contributed by atoms with Gasteiger partial charge in [0, 0.05) is 17.0 Å². The molecule has 4 aromatic rings. The monoisotopic (exact) mass is 435 g/mol. The fourth-order valence-electron chi connectivity index (χ4n) is 3.44. The highest BCUT2D eigenvalue weighted by Crippen LogP contribution is 2.26. The molecule has 0 bridgehead atoms. The van der Waals surface area contributed by atoms with Gasteiger partial charge in [-0.05, 0) is 67.4 Å². The first kappa shape index (κ1) is 19.6. The molecule has 31 heavy (non-hydrogen) atoms. The molecule has 3 aromatic carbocycles. The van der Waals surface area contributed by atoms with Crippen LogP contribution in [-0.2, 0) is 10.0 Å². The zero-order valence-corrected chi connectivity index (χ0v) is 17.1. The van der Waals surface area contributed by atoms with Crippen LogP contribution in [0.1, 0.15) is 12.8 Å². The molecule has 1 heterocycles. The Morgan fingerprint density at radius 2 is 1.55 bits per heavy atom. The van der Waals surface area contributed by atoms with Crippen LogP contribution in [0.5, 0.6) is 0 Å². The Bertz CT molecular complexity index is 1440. The van der Waals surface area contributed by atoms with Crippen LogP contribution in [0.15, 0.2) is 82.5 Å². The molecule has 1 fully saturated rings. The predicted octanol–water partition coefficient (Wildman–Crippen LogP) is 3.63. The SMILES string of the molecule is O=c1c2ccccc2c(-c2ccc(F)cc2)nn1-c1ccc(S(=O)(=O)NC2CC2)cc1. The predicted molar refractivity (Wildman–Crippen MR) is 116 cm³/mol. The first-order valence-corrected chi connectivity index (χ1v) is 11.3. The molecule has 6 nitrogen and oxygen atoms in total. The summed E-state index contributed by atoms with van der Waals surface area (Å²) in [5.41, 5.74) is 1.30. The maximum atomic E-state index is 13.4. The molecule has 1 aliphatic rings. The van der Waals surface area contributed by atoms with Crippen molar-refractivity contribution in [3.63, 3.8) is 0 Å². The minimum Gasteiger partial charge on any atom is -0.267 e. The average molecular weight is 435 g/mol. The van der Waals surface area contributed by atoms with Crippen LogP contribution in [0.2, 0.25) is 0 Å². The molecule has 0 amide bonds. The molecular formula is C23H18FN3O3S. The first-order valence-electron chi connectivity index (χ1n) is 9.83. The fraction of sp³-hybridized carbons (Fsp3) is 0.130. The van der Waals surface area contributed by atoms with Gasteiger partial charge in [-0.2, -0.15) is 9.78 Å². The molecule has 1 N–H and O–H groups in total. The second-order valence-electron chi connectivity index (χ2n) is 7.51. The Morgan fingerprint density at radius 1 is 0.903 bits per heavy atom. The van der Waals surface area contributed by atoms with Crippen LogP contribution in [-0.4, -0.2) is 24.2 Å². The smallest absolute Gasteiger partial charge is 0.267 e. The van der Waals surface area contributed by atoms with Crippen molar-refractivity contribution in [1.82, 2.24) is 14.5 Å². The molecule has 0 atom stereocenters. The summed E-state index contributed by atoms with van der Waals surface area (Å²) in [6.45, 7) is 0. The Hall–Kier alpha value is -3.36. The zero-order valence-electron chi connectivity index (χ0n) is 16.3. The van der Waals surface area contributed by atoms with Crippen molar-refractivity contribution in [2.45, 2.75) is 23.8 Å². The van der Waals surface area contributed by atoms with E-state index < -0.39 is 10.0 Å². The molecule has 1 saturated carbocycles. The van der Waals surface area contributed by atoms with Gasteiger partial charge in [-0.1, -0.05) is 18.2 Å². The summed E-state index contributed by atoms with van der Waals surface area (Å²) in [7, 11) is -3.59. The van der Waals surface area contributed by atoms with E-state index in [0.717, 1.165) is 12.8 Å². The molecule has 156 valence electrons. The molecule has 0 spiro atoms. The zero-order chi connectivity index (χ0) is 21.6. The third-order valence-electron chi connectivity index (χ3n) is 5.21. The number of sulfonamides is 1. The van der Waals surface area contributed by atoms with E-state index in [4.69, 9.17) is 0 Å². The number of aromatic nitrogens is 2. The molecule has 8 heteroatoms. The van der Waals surface area contributed by atoms with E-state index in [2.05, 4.69) is 9.82 Å². The first-order chi connectivity index (χ1) is 14.9. The van der Waals surface area contributed by atoms with Gasteiger partial charge in [-0.25, -0.2) is 17.5 Å². The summed E-state index contributed by atoms with van der Waals surface area (Å²) in [4.78, 5) is 13.2. The minimum atomic E-state index is -3.59. The van der Waals surface area contributed by atoms with E-state index in [1.165, 1.54) is 28.9 Å². The van der Waals surface area contributed by atoms with Gasteiger partial charge in [0.25, 0.3) is 5.56 Å². The van der Waals surface area contributed by atoms with Crippen molar-refractivity contribution in [2.75, 3.05) is 0 Å². The van der Waals surface area contributed by atoms with Crippen molar-refractivity contribution >= 4 is 20.8 Å². The van der Waals surface area contributed by atoms with E-state index in [9.17, 15) is 17.6 Å². The lowest BCUT2D eigenvalue weighted by Gasteiger charge is -2.12. The number of halogens is 1. The summed E-state index contributed by atoms with van der Waals surface area (Å²) in [6.07, 6.45) is 1.69. The standard InChI is InChI=1S/C23H18FN3O3S/c24-16-7-5-15(6-8-16)22-20-3-1-2-4-21(20)23(28)27(25-22)18-11-13-19(14-12-18)31(29,30)26-17-9-10-17/h1-8,11-14,17,26H,9-10H2. The average Bonchev–Trinajstić information content (AvgIpc) is 3.58. The summed E-state index contributed by atoms with van der Waals surface area (Å²) in [5.74, 6) is -0.363. The number of nitrogens with one attached hydrogen (secondary N) is 1. The van der Waals surface area contributed by atoms with Crippen LogP contribution in [0, 0.1) is 5.82 Å². The topological polar surface area (TPSA) is 81.1 Å². The fourth-order valence-corrected chi connectivity index (χ4v) is 4.75. The highest BCUT2D eigenvalue weighted by molar-refractivity contribution is 7.89. The van der Waals surface area contributed by atoms with E-state index >= 15 is 0 Å². The maximum absolute atomic E-state index is 13.4. The van der Waals surface area contributed by atoms with E-state index in [1.54, 1.807) is 42.5 Å².